The zero-order chi connectivity index (χ0) is 8.85. The van der Waals surface area contributed by atoms with Gasteiger partial charge in [-0.3, -0.25) is 4.67 Å². The Labute approximate surface area is 79.7 Å². The third-order valence-electron chi connectivity index (χ3n) is 1.53. The van der Waals surface area contributed by atoms with Crippen molar-refractivity contribution in [2.45, 2.75) is 31.2 Å². The molecule has 4 heteroatoms. The monoisotopic (exact) mass is 241 g/mol. The fraction of sp³-hybridized carbons (Fsp3) is 1.00. The number of hydrogen-bond donors (Lipinski definition) is 1. The average Bonchev–Trinajstić information content (AvgIpc) is 2.02. The van der Waals surface area contributed by atoms with Gasteiger partial charge in [-0.1, -0.05) is 39.2 Å². The van der Waals surface area contributed by atoms with Crippen molar-refractivity contribution in [3.05, 3.63) is 0 Å². The Hall–Kier alpha value is 0.830. The van der Waals surface area contributed by atoms with E-state index in [1.807, 2.05) is 13.8 Å². The third kappa shape index (κ3) is 4.41. The molecular formula is C7H17BrNOP. The van der Waals surface area contributed by atoms with Crippen LogP contribution in [-0.4, -0.2) is 33.8 Å². The normalized spacial score (nSPS) is 32.5. The van der Waals surface area contributed by atoms with Crippen LogP contribution in [0.4, 0.5) is 0 Å². The first-order valence-electron chi connectivity index (χ1n) is 4.02. The molecule has 0 radical (unpaired) electrons. The number of aliphatic hydroxyl groups is 1. The highest BCUT2D eigenvalue weighted by Crippen LogP contribution is 2.19. The first kappa shape index (κ1) is 11.8. The second-order valence-corrected chi connectivity index (χ2v) is 4.27. The highest BCUT2D eigenvalue weighted by molar-refractivity contribution is 9.09. The van der Waals surface area contributed by atoms with Gasteiger partial charge in [-0.25, -0.2) is 0 Å². The molecular weight excluding hydrogens is 225 g/mol. The van der Waals surface area contributed by atoms with Crippen molar-refractivity contribution in [2.75, 3.05) is 13.1 Å². The zero-order valence-corrected chi connectivity index (χ0v) is 9.87. The molecule has 1 N–H and O–H groups in total. The van der Waals surface area contributed by atoms with Gasteiger partial charge in [-0.15, -0.1) is 0 Å². The number of hydrogen-bond acceptors (Lipinski definition) is 2. The minimum atomic E-state index is -0.198. The van der Waals surface area contributed by atoms with E-state index in [0.717, 1.165) is 19.5 Å². The Bertz CT molecular complexity index is 104. The van der Waals surface area contributed by atoms with E-state index in [4.69, 9.17) is 0 Å². The largest absolute Gasteiger partial charge is 0.391 e. The maximum absolute atomic E-state index is 9.25. The van der Waals surface area contributed by atoms with Crippen LogP contribution in [0.15, 0.2) is 0 Å². The summed E-state index contributed by atoms with van der Waals surface area (Å²) in [5.74, 6) is 0. The summed E-state index contributed by atoms with van der Waals surface area (Å²) in [4.78, 5) is 0.300. The van der Waals surface area contributed by atoms with Gasteiger partial charge in [-0.05, 0) is 6.42 Å². The molecule has 0 amide bonds. The van der Waals surface area contributed by atoms with Crippen LogP contribution in [0.25, 0.3) is 0 Å². The van der Waals surface area contributed by atoms with Gasteiger partial charge in [0.2, 0.25) is 0 Å². The summed E-state index contributed by atoms with van der Waals surface area (Å²) in [7, 11) is 2.60. The van der Waals surface area contributed by atoms with E-state index in [9.17, 15) is 5.11 Å². The summed E-state index contributed by atoms with van der Waals surface area (Å²) in [6, 6.07) is 0. The van der Waals surface area contributed by atoms with Gasteiger partial charge >= 0.3 is 0 Å². The summed E-state index contributed by atoms with van der Waals surface area (Å²) in [6.45, 7) is 5.82. The van der Waals surface area contributed by atoms with E-state index < -0.39 is 0 Å². The fourth-order valence-corrected chi connectivity index (χ4v) is 1.66. The van der Waals surface area contributed by atoms with Gasteiger partial charge in [0, 0.05) is 17.9 Å². The van der Waals surface area contributed by atoms with Crippen LogP contribution in [0.3, 0.4) is 0 Å². The topological polar surface area (TPSA) is 23.5 Å². The maximum Gasteiger partial charge on any atom is 0.0795 e. The smallest absolute Gasteiger partial charge is 0.0795 e. The third-order valence-corrected chi connectivity index (χ3v) is 3.07. The number of rotatable bonds is 0. The minimum Gasteiger partial charge on any atom is -0.391 e. The lowest BCUT2D eigenvalue weighted by Gasteiger charge is -2.29. The standard InChI is InChI=1S/C5H11BrNOP.C2H6/c6-4-1-2-7(9)3-5(4)8;1-2/h4-5,8H,1-3,9H2;1-2H3. The minimum absolute atomic E-state index is 0.198. The summed E-state index contributed by atoms with van der Waals surface area (Å²) < 4.78 is 2.06. The van der Waals surface area contributed by atoms with Gasteiger partial charge in [0.15, 0.2) is 0 Å². The number of halogens is 1. The quantitative estimate of drug-likeness (QED) is 0.515. The van der Waals surface area contributed by atoms with Crippen molar-refractivity contribution >= 4 is 25.3 Å². The Morgan fingerprint density at radius 1 is 1.55 bits per heavy atom. The summed E-state index contributed by atoms with van der Waals surface area (Å²) in [5.41, 5.74) is 0. The molecule has 1 saturated heterocycles. The molecule has 0 aromatic heterocycles. The lowest BCUT2D eigenvalue weighted by molar-refractivity contribution is 0.120. The predicted molar refractivity (Wildman–Crippen MR) is 56.0 cm³/mol. The molecule has 3 atom stereocenters. The predicted octanol–water partition coefficient (Wildman–Crippen LogP) is 1.63. The second-order valence-electron chi connectivity index (χ2n) is 2.37. The lowest BCUT2D eigenvalue weighted by atomic mass is 10.1. The highest BCUT2D eigenvalue weighted by Gasteiger charge is 2.22. The van der Waals surface area contributed by atoms with Crippen molar-refractivity contribution in [2.24, 2.45) is 0 Å². The van der Waals surface area contributed by atoms with Crippen molar-refractivity contribution in [3.63, 3.8) is 0 Å². The number of piperidine rings is 1. The van der Waals surface area contributed by atoms with Gasteiger partial charge in [-0.2, -0.15) is 0 Å². The van der Waals surface area contributed by atoms with Crippen LogP contribution < -0.4 is 0 Å². The molecule has 1 heterocycles. The van der Waals surface area contributed by atoms with E-state index in [0.29, 0.717) is 4.83 Å². The van der Waals surface area contributed by atoms with Crippen molar-refractivity contribution in [1.82, 2.24) is 4.67 Å². The van der Waals surface area contributed by atoms with E-state index in [2.05, 4.69) is 30.0 Å². The van der Waals surface area contributed by atoms with Crippen LogP contribution in [0.2, 0.25) is 0 Å². The molecule has 2 nitrogen and oxygen atoms in total. The van der Waals surface area contributed by atoms with E-state index in [1.165, 1.54) is 0 Å². The summed E-state index contributed by atoms with van der Waals surface area (Å²) >= 11 is 3.40. The van der Waals surface area contributed by atoms with E-state index >= 15 is 0 Å². The first-order valence-corrected chi connectivity index (χ1v) is 5.45. The number of β-amino-alcohol motifs (C(OH)–C–C–N with tert-alkyl or cyclic N) is 1. The summed E-state index contributed by atoms with van der Waals surface area (Å²) in [5, 5.41) is 9.25. The molecule has 0 bridgehead atoms. The number of nitrogens with zero attached hydrogens (tertiary/aromatic N) is 1. The van der Waals surface area contributed by atoms with E-state index in [1.54, 1.807) is 0 Å². The number of alkyl halides is 1. The van der Waals surface area contributed by atoms with Crippen LogP contribution in [-0.2, 0) is 0 Å². The molecule has 0 spiro atoms. The number of aliphatic hydroxyl groups excluding tert-OH is 1. The maximum atomic E-state index is 9.25. The lowest BCUT2D eigenvalue weighted by Crippen LogP contribution is -2.39. The Balaban J connectivity index is 0.000000461. The SMILES string of the molecule is CC.OC1CN(P)CCC1Br. The molecule has 0 aromatic carbocycles. The molecule has 3 unspecified atom stereocenters. The summed E-state index contributed by atoms with van der Waals surface area (Å²) in [6.07, 6.45) is 0.834. The van der Waals surface area contributed by atoms with Gasteiger partial charge in [0.05, 0.1) is 6.10 Å². The molecule has 0 saturated carbocycles. The molecule has 1 aliphatic rings. The fourth-order valence-electron chi connectivity index (χ4n) is 0.927. The highest BCUT2D eigenvalue weighted by atomic mass is 79.9. The molecule has 11 heavy (non-hydrogen) atoms. The van der Waals surface area contributed by atoms with E-state index in [-0.39, 0.29) is 6.10 Å². The molecule has 68 valence electrons. The molecule has 1 rings (SSSR count). The van der Waals surface area contributed by atoms with Crippen LogP contribution >= 0.6 is 25.3 Å². The zero-order valence-electron chi connectivity index (χ0n) is 7.13. The molecule has 0 aliphatic carbocycles. The molecule has 0 aromatic rings. The van der Waals surface area contributed by atoms with Crippen LogP contribution in [0.5, 0.6) is 0 Å². The van der Waals surface area contributed by atoms with Crippen molar-refractivity contribution in [1.29, 1.82) is 0 Å². The Morgan fingerprint density at radius 3 is 2.45 bits per heavy atom. The van der Waals surface area contributed by atoms with Crippen LogP contribution in [0.1, 0.15) is 20.3 Å². The first-order chi connectivity index (χ1) is 5.20. The van der Waals surface area contributed by atoms with Gasteiger partial charge < -0.3 is 5.11 Å². The van der Waals surface area contributed by atoms with Crippen molar-refractivity contribution in [3.8, 4) is 0 Å². The Kier molecular flexibility index (Phi) is 6.84. The average molecular weight is 242 g/mol. The van der Waals surface area contributed by atoms with Gasteiger partial charge in [0.25, 0.3) is 0 Å². The molecule has 1 aliphatic heterocycles. The molecule has 1 fully saturated rings. The second kappa shape index (κ2) is 6.36. The van der Waals surface area contributed by atoms with Gasteiger partial charge in [0.1, 0.15) is 0 Å². The van der Waals surface area contributed by atoms with Crippen molar-refractivity contribution < 1.29 is 5.11 Å². The van der Waals surface area contributed by atoms with Crippen LogP contribution in [0, 0.1) is 0 Å². The Morgan fingerprint density at radius 2 is 2.09 bits per heavy atom.